The molecule has 0 aromatic carbocycles. The van der Waals surface area contributed by atoms with Crippen molar-refractivity contribution in [3.8, 4) is 0 Å². The van der Waals surface area contributed by atoms with E-state index in [0.717, 1.165) is 24.7 Å². The average Bonchev–Trinajstić information content (AvgIpc) is 2.95. The predicted octanol–water partition coefficient (Wildman–Crippen LogP) is 1.38. The maximum Gasteiger partial charge on any atom is 0.0473 e. The normalized spacial score (nSPS) is 42.0. The fourth-order valence-corrected chi connectivity index (χ4v) is 5.15. The Balaban J connectivity index is 1.73. The average molecular weight is 269 g/mol. The highest BCUT2D eigenvalue weighted by atomic mass is 32.2. The maximum atomic E-state index is 6.21. The minimum atomic E-state index is 0.248. The minimum Gasteiger partial charge on any atom is -0.329 e. The molecular weight excluding hydrogens is 242 g/mol. The molecule has 3 unspecified atom stereocenters. The zero-order valence-electron chi connectivity index (χ0n) is 11.8. The van der Waals surface area contributed by atoms with Crippen LogP contribution in [0.1, 0.15) is 32.6 Å². The van der Waals surface area contributed by atoms with E-state index < -0.39 is 0 Å². The van der Waals surface area contributed by atoms with Crippen LogP contribution in [0.2, 0.25) is 0 Å². The van der Waals surface area contributed by atoms with Crippen molar-refractivity contribution >= 4 is 11.8 Å². The lowest BCUT2D eigenvalue weighted by molar-refractivity contribution is 0.0915. The summed E-state index contributed by atoms with van der Waals surface area (Å²) in [6, 6.07) is 2.35. The van der Waals surface area contributed by atoms with Crippen LogP contribution in [0.25, 0.3) is 0 Å². The molecule has 0 aromatic rings. The molecule has 2 N–H and O–H groups in total. The van der Waals surface area contributed by atoms with Crippen LogP contribution in [0.5, 0.6) is 0 Å². The largest absolute Gasteiger partial charge is 0.329 e. The molecule has 4 heteroatoms. The Hall–Kier alpha value is 0.230. The molecule has 0 amide bonds. The van der Waals surface area contributed by atoms with Crippen LogP contribution in [0.3, 0.4) is 0 Å². The second-order valence-electron chi connectivity index (χ2n) is 6.51. The monoisotopic (exact) mass is 269 g/mol. The van der Waals surface area contributed by atoms with Crippen molar-refractivity contribution in [2.75, 3.05) is 31.6 Å². The number of thioether (sulfide) groups is 1. The summed E-state index contributed by atoms with van der Waals surface area (Å²) in [5, 5.41) is 0. The van der Waals surface area contributed by atoms with Crippen LogP contribution >= 0.6 is 11.8 Å². The van der Waals surface area contributed by atoms with Crippen molar-refractivity contribution in [2.45, 2.75) is 56.3 Å². The van der Waals surface area contributed by atoms with Gasteiger partial charge in [0, 0.05) is 42.5 Å². The maximum absolute atomic E-state index is 6.21. The van der Waals surface area contributed by atoms with Crippen molar-refractivity contribution in [1.82, 2.24) is 9.80 Å². The molecule has 104 valence electrons. The van der Waals surface area contributed by atoms with Crippen molar-refractivity contribution in [1.29, 1.82) is 0 Å². The number of likely N-dealkylation sites (tertiary alicyclic amines) is 1. The van der Waals surface area contributed by atoms with E-state index in [1.807, 2.05) is 0 Å². The molecule has 3 nitrogen and oxygen atoms in total. The molecule has 1 saturated carbocycles. The first-order chi connectivity index (χ1) is 8.66. The molecule has 2 aliphatic heterocycles. The van der Waals surface area contributed by atoms with Crippen molar-refractivity contribution in [3.05, 3.63) is 0 Å². The molecule has 2 heterocycles. The molecule has 3 atom stereocenters. The van der Waals surface area contributed by atoms with Gasteiger partial charge in [-0.25, -0.2) is 0 Å². The number of nitrogens with zero attached hydrogens (tertiary/aromatic N) is 2. The number of hydrogen-bond donors (Lipinski definition) is 1. The van der Waals surface area contributed by atoms with Gasteiger partial charge in [0.2, 0.25) is 0 Å². The summed E-state index contributed by atoms with van der Waals surface area (Å²) in [5.41, 5.74) is 6.45. The fourth-order valence-electron chi connectivity index (χ4n) is 3.88. The van der Waals surface area contributed by atoms with Crippen LogP contribution < -0.4 is 5.73 Å². The molecule has 18 heavy (non-hydrogen) atoms. The van der Waals surface area contributed by atoms with Gasteiger partial charge in [0.15, 0.2) is 0 Å². The lowest BCUT2D eigenvalue weighted by atomic mass is 9.92. The summed E-state index contributed by atoms with van der Waals surface area (Å²) in [4.78, 5) is 5.37. The quantitative estimate of drug-likeness (QED) is 0.836. The van der Waals surface area contributed by atoms with Gasteiger partial charge in [0.1, 0.15) is 0 Å². The van der Waals surface area contributed by atoms with Crippen LogP contribution in [0.15, 0.2) is 0 Å². The highest BCUT2D eigenvalue weighted by Gasteiger charge is 2.49. The topological polar surface area (TPSA) is 32.5 Å². The standard InChI is InChI=1S/C14H27N3S/c1-11-7-14(9-15,10-17(11)12-3-4-12)16(2)13-5-6-18-8-13/h11-13H,3-10,15H2,1-2H3. The van der Waals surface area contributed by atoms with E-state index in [-0.39, 0.29) is 5.54 Å². The third-order valence-corrected chi connectivity index (χ3v) is 6.46. The second-order valence-corrected chi connectivity index (χ2v) is 7.66. The minimum absolute atomic E-state index is 0.248. The molecule has 3 fully saturated rings. The zero-order chi connectivity index (χ0) is 12.8. The predicted molar refractivity (Wildman–Crippen MR) is 79.1 cm³/mol. The van der Waals surface area contributed by atoms with E-state index in [0.29, 0.717) is 0 Å². The van der Waals surface area contributed by atoms with E-state index >= 15 is 0 Å². The molecule has 0 radical (unpaired) electrons. The van der Waals surface area contributed by atoms with Gasteiger partial charge in [-0.05, 0) is 45.4 Å². The van der Waals surface area contributed by atoms with Crippen LogP contribution in [0, 0.1) is 0 Å². The van der Waals surface area contributed by atoms with E-state index in [9.17, 15) is 0 Å². The number of nitrogens with two attached hydrogens (primary N) is 1. The first-order valence-corrected chi connectivity index (χ1v) is 8.58. The molecule has 3 rings (SSSR count). The van der Waals surface area contributed by atoms with Gasteiger partial charge in [0.25, 0.3) is 0 Å². The molecule has 0 bridgehead atoms. The molecule has 3 aliphatic rings. The molecule has 2 saturated heterocycles. The van der Waals surface area contributed by atoms with E-state index in [2.05, 4.69) is 35.5 Å². The van der Waals surface area contributed by atoms with Crippen molar-refractivity contribution < 1.29 is 0 Å². The Labute approximate surface area is 115 Å². The Bertz CT molecular complexity index is 301. The van der Waals surface area contributed by atoms with E-state index in [1.165, 1.54) is 43.7 Å². The van der Waals surface area contributed by atoms with E-state index in [1.54, 1.807) is 0 Å². The van der Waals surface area contributed by atoms with Gasteiger partial charge in [0.05, 0.1) is 0 Å². The number of likely N-dealkylation sites (N-methyl/N-ethyl adjacent to an activating group) is 1. The summed E-state index contributed by atoms with van der Waals surface area (Å²) in [6.07, 6.45) is 5.43. The Morgan fingerprint density at radius 2 is 2.17 bits per heavy atom. The van der Waals surface area contributed by atoms with Crippen LogP contribution in [-0.4, -0.2) is 65.1 Å². The highest BCUT2D eigenvalue weighted by molar-refractivity contribution is 7.99. The van der Waals surface area contributed by atoms with Gasteiger partial charge >= 0.3 is 0 Å². The van der Waals surface area contributed by atoms with Gasteiger partial charge in [-0.15, -0.1) is 0 Å². The smallest absolute Gasteiger partial charge is 0.0473 e. The lowest BCUT2D eigenvalue weighted by Crippen LogP contribution is -2.57. The van der Waals surface area contributed by atoms with Gasteiger partial charge < -0.3 is 5.73 Å². The first kappa shape index (κ1) is 13.2. The number of hydrogen-bond acceptors (Lipinski definition) is 4. The Kier molecular flexibility index (Phi) is 3.65. The Morgan fingerprint density at radius 1 is 1.39 bits per heavy atom. The van der Waals surface area contributed by atoms with E-state index in [4.69, 9.17) is 5.73 Å². The summed E-state index contributed by atoms with van der Waals surface area (Å²) in [7, 11) is 2.33. The van der Waals surface area contributed by atoms with Crippen molar-refractivity contribution in [2.24, 2.45) is 5.73 Å². The Morgan fingerprint density at radius 3 is 2.72 bits per heavy atom. The second kappa shape index (κ2) is 4.97. The zero-order valence-corrected chi connectivity index (χ0v) is 12.6. The summed E-state index contributed by atoms with van der Waals surface area (Å²) < 4.78 is 0. The van der Waals surface area contributed by atoms with Crippen molar-refractivity contribution in [3.63, 3.8) is 0 Å². The molecule has 0 aromatic heterocycles. The molecular formula is C14H27N3S. The van der Waals surface area contributed by atoms with Crippen LogP contribution in [-0.2, 0) is 0 Å². The number of rotatable bonds is 4. The third kappa shape index (κ3) is 2.21. The van der Waals surface area contributed by atoms with Crippen LogP contribution in [0.4, 0.5) is 0 Å². The lowest BCUT2D eigenvalue weighted by Gasteiger charge is -2.41. The summed E-state index contributed by atoms with van der Waals surface area (Å²) in [5.74, 6) is 2.63. The highest BCUT2D eigenvalue weighted by Crippen LogP contribution is 2.40. The molecule has 0 spiro atoms. The summed E-state index contributed by atoms with van der Waals surface area (Å²) in [6.45, 7) is 4.41. The summed E-state index contributed by atoms with van der Waals surface area (Å²) >= 11 is 2.10. The first-order valence-electron chi connectivity index (χ1n) is 7.43. The fraction of sp³-hybridized carbons (Fsp3) is 1.00. The van der Waals surface area contributed by atoms with Gasteiger partial charge in [-0.3, -0.25) is 9.80 Å². The third-order valence-electron chi connectivity index (χ3n) is 5.32. The molecule has 1 aliphatic carbocycles. The SMILES string of the molecule is CC1CC(CN)(N(C)C2CCSC2)CN1C1CC1. The van der Waals surface area contributed by atoms with Gasteiger partial charge in [-0.2, -0.15) is 11.8 Å². The van der Waals surface area contributed by atoms with Gasteiger partial charge in [-0.1, -0.05) is 0 Å².